The first-order chi connectivity index (χ1) is 16.8. The highest BCUT2D eigenvalue weighted by Gasteiger charge is 2.30. The third kappa shape index (κ3) is 8.24. The van der Waals surface area contributed by atoms with E-state index in [2.05, 4.69) is 5.32 Å². The van der Waals surface area contributed by atoms with Gasteiger partial charge < -0.3 is 30.7 Å². The van der Waals surface area contributed by atoms with E-state index in [1.807, 2.05) is 30.3 Å². The van der Waals surface area contributed by atoms with Gasteiger partial charge in [-0.3, -0.25) is 14.4 Å². The number of benzene rings is 1. The highest BCUT2D eigenvalue weighted by molar-refractivity contribution is 5.82. The highest BCUT2D eigenvalue weighted by Crippen LogP contribution is 2.24. The number of hydrogen-bond acceptors (Lipinski definition) is 6. The molecule has 10 nitrogen and oxygen atoms in total. The number of nitrogens with zero attached hydrogens (tertiary/aromatic N) is 2. The van der Waals surface area contributed by atoms with Gasteiger partial charge in [-0.25, -0.2) is 4.79 Å². The van der Waals surface area contributed by atoms with Crippen molar-refractivity contribution in [2.75, 3.05) is 32.7 Å². The van der Waals surface area contributed by atoms with Gasteiger partial charge >= 0.3 is 12.1 Å². The summed E-state index contributed by atoms with van der Waals surface area (Å²) in [4.78, 5) is 51.7. The second kappa shape index (κ2) is 13.1. The van der Waals surface area contributed by atoms with E-state index in [1.165, 1.54) is 0 Å². The normalized spacial score (nSPS) is 19.6. The van der Waals surface area contributed by atoms with Gasteiger partial charge in [-0.2, -0.15) is 0 Å². The maximum Gasteiger partial charge on any atom is 0.410 e. The number of aliphatic carboxylic acids is 1. The van der Waals surface area contributed by atoms with Gasteiger partial charge in [0.1, 0.15) is 12.6 Å². The largest absolute Gasteiger partial charge is 0.480 e. The van der Waals surface area contributed by atoms with Crippen LogP contribution in [-0.2, 0) is 25.7 Å². The highest BCUT2D eigenvalue weighted by atomic mass is 16.6. The van der Waals surface area contributed by atoms with Crippen LogP contribution in [0.2, 0.25) is 0 Å². The lowest BCUT2D eigenvalue weighted by Crippen LogP contribution is -2.48. The van der Waals surface area contributed by atoms with Crippen LogP contribution in [-0.4, -0.2) is 77.5 Å². The molecular weight excluding hydrogens is 452 g/mol. The smallest absolute Gasteiger partial charge is 0.410 e. The van der Waals surface area contributed by atoms with Gasteiger partial charge in [-0.15, -0.1) is 0 Å². The Balaban J connectivity index is 1.34. The summed E-state index contributed by atoms with van der Waals surface area (Å²) in [6.45, 7) is 2.35. The maximum atomic E-state index is 12.8. The molecule has 1 aromatic rings. The molecule has 4 N–H and O–H groups in total. The number of nitrogens with one attached hydrogen (secondary N) is 1. The summed E-state index contributed by atoms with van der Waals surface area (Å²) in [6, 6.07) is 8.44. The summed E-state index contributed by atoms with van der Waals surface area (Å²) in [6.07, 6.45) is 3.94. The van der Waals surface area contributed by atoms with Crippen LogP contribution >= 0.6 is 0 Å². The van der Waals surface area contributed by atoms with Crippen LogP contribution in [0.3, 0.4) is 0 Å². The third-order valence-corrected chi connectivity index (χ3v) is 6.80. The van der Waals surface area contributed by atoms with Crippen molar-refractivity contribution in [2.45, 2.75) is 51.2 Å². The number of nitrogens with two attached hydrogens (primary N) is 1. The molecule has 0 aromatic heterocycles. The quantitative estimate of drug-likeness (QED) is 0.479. The molecule has 0 radical (unpaired) electrons. The zero-order valence-electron chi connectivity index (χ0n) is 20.1. The SMILES string of the molecule is N[C@@H](CNC(=O)[C@@H]1CCCN(C(=O)CCC2CCN(C(=O)OCc3ccccc3)CC2)C1)C(=O)O. The molecule has 0 spiro atoms. The molecule has 2 saturated heterocycles. The van der Waals surface area contributed by atoms with Gasteiger partial charge in [-0.05, 0) is 43.6 Å². The molecule has 2 heterocycles. The predicted octanol–water partition coefficient (Wildman–Crippen LogP) is 1.58. The van der Waals surface area contributed by atoms with E-state index in [0.717, 1.165) is 31.2 Å². The number of carboxylic acids is 1. The fraction of sp³-hybridized carbons (Fsp3) is 0.600. The number of ether oxygens (including phenoxy) is 1. The average molecular weight is 489 g/mol. The fourth-order valence-electron chi connectivity index (χ4n) is 4.56. The maximum absolute atomic E-state index is 12.8. The average Bonchev–Trinajstić information content (AvgIpc) is 2.89. The minimum absolute atomic E-state index is 0.0365. The number of carboxylic acid groups (broad SMARTS) is 1. The van der Waals surface area contributed by atoms with Crippen molar-refractivity contribution < 1.29 is 29.0 Å². The van der Waals surface area contributed by atoms with Crippen LogP contribution in [0.15, 0.2) is 30.3 Å². The van der Waals surface area contributed by atoms with Crippen LogP contribution in [0.4, 0.5) is 4.79 Å². The molecule has 2 aliphatic rings. The molecule has 2 atom stereocenters. The topological polar surface area (TPSA) is 142 Å². The molecule has 0 saturated carbocycles. The first-order valence-corrected chi connectivity index (χ1v) is 12.3. The molecule has 192 valence electrons. The van der Waals surface area contributed by atoms with E-state index in [0.29, 0.717) is 44.9 Å². The van der Waals surface area contributed by atoms with E-state index in [9.17, 15) is 19.2 Å². The van der Waals surface area contributed by atoms with Crippen molar-refractivity contribution in [1.29, 1.82) is 0 Å². The number of carbonyl (C=O) groups excluding carboxylic acids is 3. The van der Waals surface area contributed by atoms with Crippen molar-refractivity contribution in [2.24, 2.45) is 17.6 Å². The van der Waals surface area contributed by atoms with Crippen LogP contribution in [0.25, 0.3) is 0 Å². The van der Waals surface area contributed by atoms with Gasteiger partial charge in [0.2, 0.25) is 11.8 Å². The van der Waals surface area contributed by atoms with Crippen LogP contribution < -0.4 is 11.1 Å². The first kappa shape index (κ1) is 26.5. The second-order valence-electron chi connectivity index (χ2n) is 9.38. The Morgan fingerprint density at radius 1 is 1.06 bits per heavy atom. The van der Waals surface area contributed by atoms with Gasteiger partial charge in [0.25, 0.3) is 0 Å². The van der Waals surface area contributed by atoms with Gasteiger partial charge in [0.15, 0.2) is 0 Å². The van der Waals surface area contributed by atoms with Crippen molar-refractivity contribution in [3.05, 3.63) is 35.9 Å². The Bertz CT molecular complexity index is 872. The standard InChI is InChI=1S/C25H36N4O6/c26-21(24(32)33)15-27-23(31)20-7-4-12-29(16-20)22(30)9-8-18-10-13-28(14-11-18)25(34)35-17-19-5-2-1-3-6-19/h1-3,5-6,18,20-21H,4,7-17,26H2,(H,27,31)(H,32,33)/t20-,21+/m1/s1. The number of carbonyl (C=O) groups is 4. The van der Waals surface area contributed by atoms with Gasteiger partial charge in [0, 0.05) is 39.1 Å². The molecule has 2 fully saturated rings. The van der Waals surface area contributed by atoms with E-state index >= 15 is 0 Å². The molecule has 0 unspecified atom stereocenters. The molecule has 10 heteroatoms. The third-order valence-electron chi connectivity index (χ3n) is 6.80. The molecule has 0 aliphatic carbocycles. The zero-order chi connectivity index (χ0) is 25.2. The summed E-state index contributed by atoms with van der Waals surface area (Å²) in [5.74, 6) is -1.36. The molecule has 3 amide bonds. The molecular formula is C25H36N4O6. The number of piperidine rings is 2. The Morgan fingerprint density at radius 3 is 2.46 bits per heavy atom. The Labute approximate surface area is 205 Å². The van der Waals surface area contributed by atoms with Crippen LogP contribution in [0.5, 0.6) is 0 Å². The van der Waals surface area contributed by atoms with E-state index in [1.54, 1.807) is 9.80 Å². The molecule has 3 rings (SSSR count). The summed E-state index contributed by atoms with van der Waals surface area (Å²) in [7, 11) is 0. The molecule has 2 aliphatic heterocycles. The van der Waals surface area contributed by atoms with Gasteiger partial charge in [0.05, 0.1) is 5.92 Å². The van der Waals surface area contributed by atoms with E-state index < -0.39 is 12.0 Å². The van der Waals surface area contributed by atoms with Crippen molar-refractivity contribution in [1.82, 2.24) is 15.1 Å². The predicted molar refractivity (Wildman–Crippen MR) is 128 cm³/mol. The van der Waals surface area contributed by atoms with E-state index in [-0.39, 0.29) is 37.0 Å². The number of likely N-dealkylation sites (tertiary alicyclic amines) is 2. The second-order valence-corrected chi connectivity index (χ2v) is 9.38. The summed E-state index contributed by atoms with van der Waals surface area (Å²) in [5, 5.41) is 11.4. The minimum atomic E-state index is -1.17. The zero-order valence-corrected chi connectivity index (χ0v) is 20.1. The Morgan fingerprint density at radius 2 is 1.77 bits per heavy atom. The molecule has 0 bridgehead atoms. The lowest BCUT2D eigenvalue weighted by atomic mass is 9.91. The molecule has 1 aromatic carbocycles. The number of rotatable bonds is 9. The van der Waals surface area contributed by atoms with Gasteiger partial charge in [-0.1, -0.05) is 30.3 Å². The van der Waals surface area contributed by atoms with Crippen LogP contribution in [0, 0.1) is 11.8 Å². The molecule has 35 heavy (non-hydrogen) atoms. The van der Waals surface area contributed by atoms with E-state index in [4.69, 9.17) is 15.6 Å². The summed E-state index contributed by atoms with van der Waals surface area (Å²) >= 11 is 0. The lowest BCUT2D eigenvalue weighted by Gasteiger charge is -2.34. The Kier molecular flexibility index (Phi) is 9.89. The minimum Gasteiger partial charge on any atom is -0.480 e. The monoisotopic (exact) mass is 488 g/mol. The summed E-state index contributed by atoms with van der Waals surface area (Å²) < 4.78 is 5.41. The fourth-order valence-corrected chi connectivity index (χ4v) is 4.56. The van der Waals surface area contributed by atoms with Crippen molar-refractivity contribution >= 4 is 23.9 Å². The lowest BCUT2D eigenvalue weighted by molar-refractivity contribution is -0.138. The van der Waals surface area contributed by atoms with Crippen molar-refractivity contribution in [3.8, 4) is 0 Å². The summed E-state index contributed by atoms with van der Waals surface area (Å²) in [5.41, 5.74) is 6.39. The van der Waals surface area contributed by atoms with Crippen molar-refractivity contribution in [3.63, 3.8) is 0 Å². The first-order valence-electron chi connectivity index (χ1n) is 12.3. The number of hydrogen-bond donors (Lipinski definition) is 3. The van der Waals surface area contributed by atoms with Crippen LogP contribution in [0.1, 0.15) is 44.1 Å². The number of amides is 3. The Hall–Kier alpha value is -3.14.